The van der Waals surface area contributed by atoms with E-state index in [4.69, 9.17) is 0 Å². The summed E-state index contributed by atoms with van der Waals surface area (Å²) in [6.45, 7) is 0. The highest BCUT2D eigenvalue weighted by Crippen LogP contribution is 2.32. The minimum atomic E-state index is -0.0462. The lowest BCUT2D eigenvalue weighted by atomic mass is 10.3. The van der Waals surface area contributed by atoms with Crippen molar-refractivity contribution in [3.8, 4) is 0 Å². The number of rotatable bonds is 0. The van der Waals surface area contributed by atoms with Crippen molar-refractivity contribution in [2.45, 2.75) is 0 Å². The van der Waals surface area contributed by atoms with Crippen molar-refractivity contribution in [2.75, 3.05) is 0 Å². The lowest BCUT2D eigenvalue weighted by Crippen LogP contribution is -2.02. The van der Waals surface area contributed by atoms with Crippen molar-refractivity contribution >= 4 is 53.3 Å². The van der Waals surface area contributed by atoms with E-state index in [0.29, 0.717) is 0 Å². The topological polar surface area (TPSA) is 32.9 Å². The Kier molecular flexibility index (Phi) is 2.10. The summed E-state index contributed by atoms with van der Waals surface area (Å²) >= 11 is 8.24. The molecule has 0 aromatic carbocycles. The molecule has 0 aliphatic heterocycles. The maximum Gasteiger partial charge on any atom is 0.256 e. The van der Waals surface area contributed by atoms with Gasteiger partial charge in [0.2, 0.25) is 0 Å². The van der Waals surface area contributed by atoms with Crippen LogP contribution in [0.2, 0.25) is 0 Å². The van der Waals surface area contributed by atoms with Crippen molar-refractivity contribution in [3.05, 3.63) is 30.9 Å². The van der Waals surface area contributed by atoms with Gasteiger partial charge in [-0.25, -0.2) is 0 Å². The Balaban J connectivity index is 3.03. The highest BCUT2D eigenvalue weighted by molar-refractivity contribution is 9.11. The number of fused-ring (bicyclic) bond motifs is 1. The van der Waals surface area contributed by atoms with Crippen LogP contribution in [-0.4, -0.2) is 4.98 Å². The summed E-state index contributed by atoms with van der Waals surface area (Å²) in [6, 6.07) is 1.82. The van der Waals surface area contributed by atoms with Gasteiger partial charge in [-0.05, 0) is 37.9 Å². The average molecular weight is 309 g/mol. The van der Waals surface area contributed by atoms with Gasteiger partial charge >= 0.3 is 0 Å². The second-order valence-electron chi connectivity index (χ2n) is 2.26. The summed E-state index contributed by atoms with van der Waals surface area (Å²) in [5.41, 5.74) is -0.0462. The first-order valence-corrected chi connectivity index (χ1v) is 5.55. The van der Waals surface area contributed by atoms with Crippen LogP contribution in [0.1, 0.15) is 0 Å². The Morgan fingerprint density at radius 3 is 2.83 bits per heavy atom. The van der Waals surface area contributed by atoms with Crippen LogP contribution in [0.4, 0.5) is 0 Å². The number of aromatic amines is 1. The molecule has 0 fully saturated rings. The monoisotopic (exact) mass is 307 g/mol. The van der Waals surface area contributed by atoms with Gasteiger partial charge in [-0.1, -0.05) is 0 Å². The summed E-state index contributed by atoms with van der Waals surface area (Å²) in [4.78, 5) is 13.9. The molecule has 0 saturated carbocycles. The van der Waals surface area contributed by atoms with Crippen LogP contribution in [0.5, 0.6) is 0 Å². The van der Waals surface area contributed by atoms with Gasteiger partial charge in [-0.15, -0.1) is 11.3 Å². The van der Waals surface area contributed by atoms with E-state index < -0.39 is 0 Å². The van der Waals surface area contributed by atoms with E-state index in [0.717, 1.165) is 18.3 Å². The fraction of sp³-hybridized carbons (Fsp3) is 0. The third-order valence-corrected chi connectivity index (χ3v) is 4.05. The number of halogens is 2. The molecule has 0 bridgehead atoms. The van der Waals surface area contributed by atoms with Crippen LogP contribution in [0.15, 0.2) is 25.3 Å². The SMILES string of the molecule is O=c1[nH]cc(Br)c2sc(Br)cc12. The number of hydrogen-bond donors (Lipinski definition) is 1. The predicted octanol–water partition coefficient (Wildman–Crippen LogP) is 3.11. The molecular weight excluding hydrogens is 306 g/mol. The fourth-order valence-electron chi connectivity index (χ4n) is 0.979. The Labute approximate surface area is 88.9 Å². The van der Waals surface area contributed by atoms with Crippen molar-refractivity contribution in [2.24, 2.45) is 0 Å². The zero-order valence-electron chi connectivity index (χ0n) is 5.73. The van der Waals surface area contributed by atoms with Gasteiger partial charge in [0.05, 0.1) is 18.3 Å². The average Bonchev–Trinajstić information content (AvgIpc) is 2.41. The lowest BCUT2D eigenvalue weighted by Gasteiger charge is -1.89. The molecule has 2 aromatic rings. The minimum Gasteiger partial charge on any atom is -0.327 e. The van der Waals surface area contributed by atoms with Crippen LogP contribution in [-0.2, 0) is 0 Å². The normalized spacial score (nSPS) is 10.8. The number of aromatic nitrogens is 1. The maximum absolute atomic E-state index is 11.3. The van der Waals surface area contributed by atoms with E-state index in [1.807, 2.05) is 6.07 Å². The molecule has 2 rings (SSSR count). The second-order valence-corrected chi connectivity index (χ2v) is 5.54. The van der Waals surface area contributed by atoms with E-state index in [9.17, 15) is 4.79 Å². The molecule has 2 aromatic heterocycles. The molecule has 2 heterocycles. The lowest BCUT2D eigenvalue weighted by molar-refractivity contribution is 1.27. The summed E-state index contributed by atoms with van der Waals surface area (Å²) in [7, 11) is 0. The minimum absolute atomic E-state index is 0.0462. The third-order valence-electron chi connectivity index (χ3n) is 1.49. The van der Waals surface area contributed by atoms with Crippen molar-refractivity contribution in [1.29, 1.82) is 0 Å². The Bertz CT molecular complexity index is 488. The largest absolute Gasteiger partial charge is 0.327 e. The van der Waals surface area contributed by atoms with E-state index in [1.165, 1.54) is 0 Å². The molecule has 0 atom stereocenters. The van der Waals surface area contributed by atoms with Gasteiger partial charge in [-0.2, -0.15) is 0 Å². The van der Waals surface area contributed by atoms with Crippen LogP contribution >= 0.6 is 43.2 Å². The number of pyridine rings is 1. The molecule has 0 spiro atoms. The highest BCUT2D eigenvalue weighted by Gasteiger charge is 2.05. The van der Waals surface area contributed by atoms with E-state index >= 15 is 0 Å². The first kappa shape index (κ1) is 8.47. The van der Waals surface area contributed by atoms with Gasteiger partial charge in [0, 0.05) is 6.20 Å². The first-order chi connectivity index (χ1) is 5.68. The van der Waals surface area contributed by atoms with Gasteiger partial charge < -0.3 is 4.98 Å². The molecule has 0 saturated heterocycles. The van der Waals surface area contributed by atoms with Gasteiger partial charge in [-0.3, -0.25) is 4.79 Å². The third kappa shape index (κ3) is 1.26. The zero-order valence-corrected chi connectivity index (χ0v) is 9.72. The first-order valence-electron chi connectivity index (χ1n) is 3.15. The molecule has 12 heavy (non-hydrogen) atoms. The zero-order chi connectivity index (χ0) is 8.72. The molecule has 62 valence electrons. The fourth-order valence-corrected chi connectivity index (χ4v) is 3.05. The molecule has 2 nitrogen and oxygen atoms in total. The molecule has 5 heteroatoms. The number of thiophene rings is 1. The van der Waals surface area contributed by atoms with Crippen LogP contribution in [0.25, 0.3) is 10.1 Å². The van der Waals surface area contributed by atoms with Gasteiger partial charge in [0.15, 0.2) is 0 Å². The van der Waals surface area contributed by atoms with Gasteiger partial charge in [0.25, 0.3) is 5.56 Å². The maximum atomic E-state index is 11.3. The van der Waals surface area contributed by atoms with E-state index in [2.05, 4.69) is 36.8 Å². The highest BCUT2D eigenvalue weighted by atomic mass is 79.9. The van der Waals surface area contributed by atoms with E-state index in [-0.39, 0.29) is 5.56 Å². The van der Waals surface area contributed by atoms with E-state index in [1.54, 1.807) is 17.5 Å². The van der Waals surface area contributed by atoms with Crippen molar-refractivity contribution < 1.29 is 0 Å². The van der Waals surface area contributed by atoms with Crippen molar-refractivity contribution in [1.82, 2.24) is 4.98 Å². The molecule has 0 radical (unpaired) electrons. The quantitative estimate of drug-likeness (QED) is 0.797. The standard InChI is InChI=1S/C7H3Br2NOS/c8-4-2-10-7(11)3-1-5(9)12-6(3)4/h1-2H,(H,10,11). The molecular formula is C7H3Br2NOS. The molecule has 0 aliphatic carbocycles. The van der Waals surface area contributed by atoms with Crippen LogP contribution < -0.4 is 5.56 Å². The molecule has 0 amide bonds. The molecule has 1 N–H and O–H groups in total. The Morgan fingerprint density at radius 2 is 2.17 bits per heavy atom. The summed E-state index contributed by atoms with van der Waals surface area (Å²) in [5.74, 6) is 0. The summed E-state index contributed by atoms with van der Waals surface area (Å²) < 4.78 is 2.87. The number of nitrogens with one attached hydrogen (secondary N) is 1. The predicted molar refractivity (Wildman–Crippen MR) is 57.8 cm³/mol. The number of H-pyrrole nitrogens is 1. The Hall–Kier alpha value is -0.130. The van der Waals surface area contributed by atoms with Crippen LogP contribution in [0, 0.1) is 0 Å². The molecule has 0 aliphatic rings. The van der Waals surface area contributed by atoms with Crippen LogP contribution in [0.3, 0.4) is 0 Å². The number of hydrogen-bond acceptors (Lipinski definition) is 2. The smallest absolute Gasteiger partial charge is 0.256 e. The Morgan fingerprint density at radius 1 is 1.42 bits per heavy atom. The van der Waals surface area contributed by atoms with Crippen molar-refractivity contribution in [3.63, 3.8) is 0 Å². The summed E-state index contributed by atoms with van der Waals surface area (Å²) in [6.07, 6.45) is 1.66. The molecule has 0 unspecified atom stereocenters. The second kappa shape index (κ2) is 2.97. The summed E-state index contributed by atoms with van der Waals surface area (Å²) in [5, 5.41) is 0.723. The van der Waals surface area contributed by atoms with Gasteiger partial charge in [0.1, 0.15) is 0 Å².